The molecule has 0 bridgehead atoms. The van der Waals surface area contributed by atoms with Gasteiger partial charge in [0.2, 0.25) is 0 Å². The highest BCUT2D eigenvalue weighted by molar-refractivity contribution is 5.90. The van der Waals surface area contributed by atoms with E-state index in [0.717, 1.165) is 16.3 Å². The van der Waals surface area contributed by atoms with Crippen molar-refractivity contribution in [3.05, 3.63) is 77.1 Å². The minimum atomic E-state index is -1.12. The summed E-state index contributed by atoms with van der Waals surface area (Å²) in [4.78, 5) is 24.3. The topological polar surface area (TPSA) is 72.8 Å². The Labute approximate surface area is 192 Å². The molecule has 0 aromatic heterocycles. The number of halogens is 1. The first kappa shape index (κ1) is 22.8. The van der Waals surface area contributed by atoms with Crippen molar-refractivity contribution in [1.82, 2.24) is 0 Å². The van der Waals surface area contributed by atoms with Gasteiger partial charge in [-0.15, -0.1) is 0 Å². The maximum Gasteiger partial charge on any atom is 0.336 e. The van der Waals surface area contributed by atoms with Crippen LogP contribution in [0.5, 0.6) is 5.75 Å². The van der Waals surface area contributed by atoms with Crippen LogP contribution in [0.25, 0.3) is 10.8 Å². The lowest BCUT2D eigenvalue weighted by molar-refractivity contribution is -0.159. The fourth-order valence-corrected chi connectivity index (χ4v) is 4.44. The quantitative estimate of drug-likeness (QED) is 0.463. The molecule has 1 saturated carbocycles. The van der Waals surface area contributed by atoms with Crippen LogP contribution in [0.4, 0.5) is 4.39 Å². The van der Waals surface area contributed by atoms with Gasteiger partial charge in [-0.25, -0.2) is 9.18 Å². The highest BCUT2D eigenvalue weighted by atomic mass is 19.1. The number of carbonyl (C=O) groups excluding carboxylic acids is 1. The summed E-state index contributed by atoms with van der Waals surface area (Å²) in [6, 6.07) is 16.3. The van der Waals surface area contributed by atoms with Crippen molar-refractivity contribution < 1.29 is 28.6 Å². The van der Waals surface area contributed by atoms with Gasteiger partial charge in [-0.1, -0.05) is 42.5 Å². The van der Waals surface area contributed by atoms with Crippen molar-refractivity contribution in [2.24, 2.45) is 5.41 Å². The highest BCUT2D eigenvalue weighted by Gasteiger charge is 2.39. The number of hydrogen-bond acceptors (Lipinski definition) is 4. The van der Waals surface area contributed by atoms with Crippen molar-refractivity contribution in [3.63, 3.8) is 0 Å². The number of carbonyl (C=O) groups is 2. The first-order chi connectivity index (χ1) is 15.8. The Kier molecular flexibility index (Phi) is 6.36. The van der Waals surface area contributed by atoms with Gasteiger partial charge in [-0.3, -0.25) is 4.79 Å². The predicted molar refractivity (Wildman–Crippen MR) is 123 cm³/mol. The van der Waals surface area contributed by atoms with Gasteiger partial charge < -0.3 is 14.6 Å². The summed E-state index contributed by atoms with van der Waals surface area (Å²) in [7, 11) is 0. The standard InChI is InChI=1S/C27H27FO5/c1-17-14-23(28)24(15-22(17)25(29)30)33-20-10-12-27(2,13-11-20)26(31)32-16-19-8-5-7-18-6-3-4-9-21(18)19/h3-9,14-15,20H,10-13,16H2,1-2H3,(H,29,30). The second-order valence-corrected chi connectivity index (χ2v) is 8.99. The van der Waals surface area contributed by atoms with Gasteiger partial charge >= 0.3 is 11.9 Å². The molecule has 1 N–H and O–H groups in total. The number of ether oxygens (including phenoxy) is 2. The number of aryl methyl sites for hydroxylation is 1. The summed E-state index contributed by atoms with van der Waals surface area (Å²) in [6.45, 7) is 3.65. The van der Waals surface area contributed by atoms with Crippen LogP contribution < -0.4 is 4.74 Å². The van der Waals surface area contributed by atoms with Crippen LogP contribution in [0.1, 0.15) is 54.1 Å². The van der Waals surface area contributed by atoms with E-state index in [1.54, 1.807) is 6.92 Å². The van der Waals surface area contributed by atoms with Crippen molar-refractivity contribution in [3.8, 4) is 5.75 Å². The molecule has 6 heteroatoms. The molecule has 3 aromatic rings. The fourth-order valence-electron chi connectivity index (χ4n) is 4.44. The number of rotatable bonds is 6. The summed E-state index contributed by atoms with van der Waals surface area (Å²) in [6.07, 6.45) is 1.91. The smallest absolute Gasteiger partial charge is 0.336 e. The van der Waals surface area contributed by atoms with Crippen molar-refractivity contribution >= 4 is 22.7 Å². The van der Waals surface area contributed by atoms with E-state index in [0.29, 0.717) is 31.2 Å². The molecule has 1 aliphatic carbocycles. The number of esters is 1. The number of aromatic carboxylic acids is 1. The SMILES string of the molecule is Cc1cc(F)c(OC2CCC(C)(C(=O)OCc3cccc4ccccc34)CC2)cc1C(=O)O. The summed E-state index contributed by atoms with van der Waals surface area (Å²) in [5.41, 5.74) is 0.690. The molecule has 0 radical (unpaired) electrons. The molecule has 4 rings (SSSR count). The van der Waals surface area contributed by atoms with Crippen LogP contribution in [0.2, 0.25) is 0 Å². The van der Waals surface area contributed by atoms with Crippen LogP contribution >= 0.6 is 0 Å². The number of hydrogen-bond donors (Lipinski definition) is 1. The Morgan fingerprint density at radius 1 is 1.09 bits per heavy atom. The van der Waals surface area contributed by atoms with Gasteiger partial charge in [-0.2, -0.15) is 0 Å². The molecule has 0 unspecified atom stereocenters. The first-order valence-electron chi connectivity index (χ1n) is 11.1. The molecule has 0 spiro atoms. The number of benzene rings is 3. The lowest BCUT2D eigenvalue weighted by atomic mass is 9.74. The number of carboxylic acids is 1. The van der Waals surface area contributed by atoms with E-state index in [4.69, 9.17) is 9.47 Å². The Bertz CT molecular complexity index is 1190. The molecule has 0 atom stereocenters. The zero-order valence-electron chi connectivity index (χ0n) is 18.8. The Hall–Kier alpha value is -3.41. The van der Waals surface area contributed by atoms with Gasteiger partial charge in [0, 0.05) is 0 Å². The second kappa shape index (κ2) is 9.22. The van der Waals surface area contributed by atoms with Crippen molar-refractivity contribution in [2.75, 3.05) is 0 Å². The Balaban J connectivity index is 1.37. The average molecular weight is 451 g/mol. The van der Waals surface area contributed by atoms with E-state index in [-0.39, 0.29) is 30.0 Å². The van der Waals surface area contributed by atoms with Crippen molar-refractivity contribution in [2.45, 2.75) is 52.2 Å². The summed E-state index contributed by atoms with van der Waals surface area (Å²) < 4.78 is 25.8. The van der Waals surface area contributed by atoms with Crippen LogP contribution in [-0.4, -0.2) is 23.1 Å². The van der Waals surface area contributed by atoms with Crippen LogP contribution in [0.3, 0.4) is 0 Å². The van der Waals surface area contributed by atoms with E-state index in [2.05, 4.69) is 0 Å². The summed E-state index contributed by atoms with van der Waals surface area (Å²) >= 11 is 0. The third-order valence-corrected chi connectivity index (χ3v) is 6.57. The van der Waals surface area contributed by atoms with E-state index in [1.165, 1.54) is 12.1 Å². The second-order valence-electron chi connectivity index (χ2n) is 8.99. The molecule has 3 aromatic carbocycles. The fraction of sp³-hybridized carbons (Fsp3) is 0.333. The third-order valence-electron chi connectivity index (χ3n) is 6.57. The minimum Gasteiger partial charge on any atom is -0.487 e. The lowest BCUT2D eigenvalue weighted by Crippen LogP contribution is -2.37. The van der Waals surface area contributed by atoms with E-state index >= 15 is 0 Å². The zero-order valence-corrected chi connectivity index (χ0v) is 18.8. The van der Waals surface area contributed by atoms with Crippen LogP contribution in [0, 0.1) is 18.2 Å². The molecule has 5 nitrogen and oxygen atoms in total. The van der Waals surface area contributed by atoms with Gasteiger partial charge in [0.1, 0.15) is 6.61 Å². The maximum atomic E-state index is 14.3. The Morgan fingerprint density at radius 2 is 1.79 bits per heavy atom. The monoisotopic (exact) mass is 450 g/mol. The molecule has 0 aliphatic heterocycles. The Morgan fingerprint density at radius 3 is 2.52 bits per heavy atom. The van der Waals surface area contributed by atoms with Gasteiger partial charge in [0.15, 0.2) is 11.6 Å². The molecule has 172 valence electrons. The van der Waals surface area contributed by atoms with Crippen molar-refractivity contribution in [1.29, 1.82) is 0 Å². The third kappa shape index (κ3) is 4.85. The van der Waals surface area contributed by atoms with Crippen LogP contribution in [0.15, 0.2) is 54.6 Å². The van der Waals surface area contributed by atoms with Gasteiger partial charge in [0.05, 0.1) is 17.1 Å². The maximum absolute atomic E-state index is 14.3. The molecule has 1 fully saturated rings. The predicted octanol–water partition coefficient (Wildman–Crippen LogP) is 6.06. The van der Waals surface area contributed by atoms with Gasteiger partial charge in [-0.05, 0) is 73.6 Å². The molecule has 1 aliphatic rings. The molecule has 33 heavy (non-hydrogen) atoms. The van der Waals surface area contributed by atoms with E-state index in [9.17, 15) is 19.1 Å². The molecule has 0 amide bonds. The average Bonchev–Trinajstić information content (AvgIpc) is 2.80. The summed E-state index contributed by atoms with van der Waals surface area (Å²) in [5.74, 6) is -2.02. The highest BCUT2D eigenvalue weighted by Crippen LogP contribution is 2.39. The molecular formula is C27H27FO5. The number of fused-ring (bicyclic) bond motifs is 1. The zero-order chi connectivity index (χ0) is 23.6. The molecule has 0 heterocycles. The lowest BCUT2D eigenvalue weighted by Gasteiger charge is -2.35. The largest absolute Gasteiger partial charge is 0.487 e. The molecule has 0 saturated heterocycles. The minimum absolute atomic E-state index is 0.0176. The van der Waals surface area contributed by atoms with Crippen LogP contribution in [-0.2, 0) is 16.1 Å². The molecular weight excluding hydrogens is 423 g/mol. The number of carboxylic acid groups (broad SMARTS) is 1. The van der Waals surface area contributed by atoms with Gasteiger partial charge in [0.25, 0.3) is 0 Å². The summed E-state index contributed by atoms with van der Waals surface area (Å²) in [5, 5.41) is 11.4. The normalized spacial score (nSPS) is 20.4. The van der Waals surface area contributed by atoms with E-state index in [1.807, 2.05) is 49.4 Å². The first-order valence-corrected chi connectivity index (χ1v) is 11.1. The van der Waals surface area contributed by atoms with E-state index < -0.39 is 17.2 Å².